The number of ether oxygens (including phenoxy) is 4. The molecule has 162 valence electrons. The predicted molar refractivity (Wildman–Crippen MR) is 117 cm³/mol. The molecule has 0 aliphatic carbocycles. The van der Waals surface area contributed by atoms with Crippen molar-refractivity contribution in [2.24, 2.45) is 0 Å². The standard InChI is InChI=1S/C20H22BrNO7S/c1-7-29-20(25)13-9(2)17(10(3)23)30-19(13)22-18(24)11-8-12(26-4)15(27-5)16(28-6)14(11)21/h8H,7H2,1-6H3,(H,22,24). The zero-order valence-corrected chi connectivity index (χ0v) is 19.8. The zero-order valence-electron chi connectivity index (χ0n) is 17.4. The van der Waals surface area contributed by atoms with Crippen molar-refractivity contribution in [3.8, 4) is 17.2 Å². The summed E-state index contributed by atoms with van der Waals surface area (Å²) in [7, 11) is 4.33. The van der Waals surface area contributed by atoms with Gasteiger partial charge in [-0.15, -0.1) is 11.3 Å². The number of carbonyl (C=O) groups is 3. The lowest BCUT2D eigenvalue weighted by atomic mass is 10.1. The predicted octanol–water partition coefficient (Wildman–Crippen LogP) is 4.48. The van der Waals surface area contributed by atoms with E-state index in [9.17, 15) is 14.4 Å². The molecule has 2 rings (SSSR count). The Morgan fingerprint density at radius 2 is 1.73 bits per heavy atom. The van der Waals surface area contributed by atoms with E-state index < -0.39 is 11.9 Å². The SMILES string of the molecule is CCOC(=O)c1c(NC(=O)c2cc(OC)c(OC)c(OC)c2Br)sc(C(C)=O)c1C. The van der Waals surface area contributed by atoms with Crippen molar-refractivity contribution in [1.82, 2.24) is 0 Å². The Morgan fingerprint density at radius 1 is 1.10 bits per heavy atom. The molecule has 10 heteroatoms. The molecule has 1 N–H and O–H groups in total. The number of anilines is 1. The van der Waals surface area contributed by atoms with Crippen molar-refractivity contribution in [1.29, 1.82) is 0 Å². The van der Waals surface area contributed by atoms with Crippen LogP contribution >= 0.6 is 27.3 Å². The minimum atomic E-state index is -0.613. The number of esters is 1. The van der Waals surface area contributed by atoms with Gasteiger partial charge in [0.1, 0.15) is 5.00 Å². The number of hydrogen-bond acceptors (Lipinski definition) is 8. The van der Waals surface area contributed by atoms with Crippen LogP contribution < -0.4 is 19.5 Å². The maximum Gasteiger partial charge on any atom is 0.341 e. The highest BCUT2D eigenvalue weighted by molar-refractivity contribution is 9.10. The molecule has 0 aliphatic rings. The number of ketones is 1. The van der Waals surface area contributed by atoms with Gasteiger partial charge in [-0.25, -0.2) is 4.79 Å². The summed E-state index contributed by atoms with van der Waals surface area (Å²) in [4.78, 5) is 37.8. The average molecular weight is 500 g/mol. The lowest BCUT2D eigenvalue weighted by Crippen LogP contribution is -2.16. The van der Waals surface area contributed by atoms with Gasteiger partial charge in [0.25, 0.3) is 5.91 Å². The van der Waals surface area contributed by atoms with Crippen molar-refractivity contribution in [3.63, 3.8) is 0 Å². The van der Waals surface area contributed by atoms with E-state index >= 15 is 0 Å². The van der Waals surface area contributed by atoms with E-state index in [1.54, 1.807) is 13.8 Å². The van der Waals surface area contributed by atoms with E-state index in [-0.39, 0.29) is 34.3 Å². The molecule has 8 nitrogen and oxygen atoms in total. The number of rotatable bonds is 8. The minimum Gasteiger partial charge on any atom is -0.493 e. The van der Waals surface area contributed by atoms with Crippen molar-refractivity contribution in [2.45, 2.75) is 20.8 Å². The summed E-state index contributed by atoms with van der Waals surface area (Å²) in [6.07, 6.45) is 0. The number of Topliss-reactive ketones (excluding diaryl/α,β-unsaturated/α-hetero) is 1. The van der Waals surface area contributed by atoms with Crippen LogP contribution in [0.4, 0.5) is 5.00 Å². The molecule has 0 saturated carbocycles. The van der Waals surface area contributed by atoms with E-state index in [0.717, 1.165) is 11.3 Å². The Morgan fingerprint density at radius 3 is 2.23 bits per heavy atom. The highest BCUT2D eigenvalue weighted by Gasteiger charge is 2.28. The van der Waals surface area contributed by atoms with Gasteiger partial charge >= 0.3 is 5.97 Å². The molecule has 0 saturated heterocycles. The van der Waals surface area contributed by atoms with E-state index in [2.05, 4.69) is 21.2 Å². The van der Waals surface area contributed by atoms with Crippen LogP contribution in [0.3, 0.4) is 0 Å². The molecule has 1 aromatic heterocycles. The molecule has 0 spiro atoms. The smallest absolute Gasteiger partial charge is 0.341 e. The summed E-state index contributed by atoms with van der Waals surface area (Å²) in [5.41, 5.74) is 0.809. The number of methoxy groups -OCH3 is 3. The molecule has 0 atom stereocenters. The summed E-state index contributed by atoms with van der Waals surface area (Å²) in [6, 6.07) is 1.48. The van der Waals surface area contributed by atoms with Crippen molar-refractivity contribution >= 4 is 49.9 Å². The maximum atomic E-state index is 13.1. The number of amides is 1. The van der Waals surface area contributed by atoms with Crippen LogP contribution in [0.1, 0.15) is 49.8 Å². The third-order valence-electron chi connectivity index (χ3n) is 4.19. The Kier molecular flexibility index (Phi) is 7.85. The first kappa shape index (κ1) is 23.7. The first-order valence-electron chi connectivity index (χ1n) is 8.82. The molecular formula is C20H22BrNO7S. The Hall–Kier alpha value is -2.59. The summed E-state index contributed by atoms with van der Waals surface area (Å²) >= 11 is 4.38. The topological polar surface area (TPSA) is 100 Å². The van der Waals surface area contributed by atoms with Gasteiger partial charge in [-0.1, -0.05) is 0 Å². The number of halogens is 1. The van der Waals surface area contributed by atoms with E-state index in [1.165, 1.54) is 34.3 Å². The van der Waals surface area contributed by atoms with Crippen LogP contribution in [0.2, 0.25) is 0 Å². The largest absolute Gasteiger partial charge is 0.493 e. The monoisotopic (exact) mass is 499 g/mol. The number of hydrogen-bond donors (Lipinski definition) is 1. The molecule has 0 aliphatic heterocycles. The van der Waals surface area contributed by atoms with Gasteiger partial charge < -0.3 is 24.3 Å². The third kappa shape index (κ3) is 4.44. The first-order valence-corrected chi connectivity index (χ1v) is 10.4. The van der Waals surface area contributed by atoms with Gasteiger partial charge in [0.2, 0.25) is 5.75 Å². The molecule has 0 radical (unpaired) electrons. The van der Waals surface area contributed by atoms with Crippen LogP contribution in [-0.4, -0.2) is 45.6 Å². The molecule has 0 bridgehead atoms. The third-order valence-corrected chi connectivity index (χ3v) is 6.28. The minimum absolute atomic E-state index is 0.156. The van der Waals surface area contributed by atoms with Crippen LogP contribution in [0.15, 0.2) is 10.5 Å². The molecule has 1 heterocycles. The van der Waals surface area contributed by atoms with Gasteiger partial charge in [0.05, 0.1) is 48.4 Å². The second-order valence-corrected chi connectivity index (χ2v) is 7.81. The quantitative estimate of drug-likeness (QED) is 0.422. The fourth-order valence-electron chi connectivity index (χ4n) is 2.84. The summed E-state index contributed by atoms with van der Waals surface area (Å²) in [5.74, 6) is -0.473. The maximum absolute atomic E-state index is 13.1. The normalized spacial score (nSPS) is 10.4. The van der Waals surface area contributed by atoms with E-state index in [1.807, 2.05) is 0 Å². The number of carbonyl (C=O) groups excluding carboxylic acids is 3. The van der Waals surface area contributed by atoms with Crippen LogP contribution in [-0.2, 0) is 4.74 Å². The molecule has 1 amide bonds. The number of nitrogens with one attached hydrogen (secondary N) is 1. The lowest BCUT2D eigenvalue weighted by Gasteiger charge is -2.16. The van der Waals surface area contributed by atoms with Gasteiger partial charge in [-0.05, 0) is 48.3 Å². The zero-order chi connectivity index (χ0) is 22.6. The molecular weight excluding hydrogens is 478 g/mol. The van der Waals surface area contributed by atoms with Crippen LogP contribution in [0.25, 0.3) is 0 Å². The van der Waals surface area contributed by atoms with Gasteiger partial charge in [0, 0.05) is 0 Å². The van der Waals surface area contributed by atoms with Crippen LogP contribution in [0.5, 0.6) is 17.2 Å². The fourth-order valence-corrected chi connectivity index (χ4v) is 4.56. The summed E-state index contributed by atoms with van der Waals surface area (Å²) in [5, 5.41) is 2.93. The van der Waals surface area contributed by atoms with Crippen molar-refractivity contribution < 1.29 is 33.3 Å². The summed E-state index contributed by atoms with van der Waals surface area (Å²) in [6.45, 7) is 4.88. The van der Waals surface area contributed by atoms with Crippen molar-refractivity contribution in [2.75, 3.05) is 33.3 Å². The molecule has 30 heavy (non-hydrogen) atoms. The highest BCUT2D eigenvalue weighted by atomic mass is 79.9. The molecule has 2 aromatic rings. The van der Waals surface area contributed by atoms with Crippen molar-refractivity contribution in [3.05, 3.63) is 32.1 Å². The molecule has 1 aromatic carbocycles. The second-order valence-electron chi connectivity index (χ2n) is 6.00. The second kappa shape index (κ2) is 9.94. The van der Waals surface area contributed by atoms with Gasteiger partial charge in [-0.3, -0.25) is 9.59 Å². The summed E-state index contributed by atoms with van der Waals surface area (Å²) < 4.78 is 21.4. The van der Waals surface area contributed by atoms with E-state index in [0.29, 0.717) is 26.4 Å². The lowest BCUT2D eigenvalue weighted by molar-refractivity contribution is 0.0527. The Labute approximate surface area is 186 Å². The van der Waals surface area contributed by atoms with Gasteiger partial charge in [-0.2, -0.15) is 0 Å². The molecule has 0 fully saturated rings. The highest BCUT2D eigenvalue weighted by Crippen LogP contribution is 2.45. The first-order chi connectivity index (χ1) is 14.2. The van der Waals surface area contributed by atoms with Crippen LogP contribution in [0, 0.1) is 6.92 Å². The number of benzene rings is 1. The van der Waals surface area contributed by atoms with E-state index in [4.69, 9.17) is 18.9 Å². The average Bonchev–Trinajstić information content (AvgIpc) is 3.03. The molecule has 0 unspecified atom stereocenters. The number of thiophene rings is 1. The Bertz CT molecular complexity index is 1000. The fraction of sp³-hybridized carbons (Fsp3) is 0.350. The van der Waals surface area contributed by atoms with Gasteiger partial charge in [0.15, 0.2) is 17.3 Å². The Balaban J connectivity index is 2.56.